The van der Waals surface area contributed by atoms with Gasteiger partial charge in [0.05, 0.1) is 19.9 Å². The molecule has 0 unspecified atom stereocenters. The van der Waals surface area contributed by atoms with Crippen molar-refractivity contribution in [2.24, 2.45) is 0 Å². The molecule has 0 fully saturated rings. The average Bonchev–Trinajstić information content (AvgIpc) is 2.72. The molecule has 1 aliphatic heterocycles. The van der Waals surface area contributed by atoms with E-state index >= 15 is 0 Å². The van der Waals surface area contributed by atoms with E-state index in [1.54, 1.807) is 31.4 Å². The molecule has 0 aromatic heterocycles. The molecule has 6 nitrogen and oxygen atoms in total. The van der Waals surface area contributed by atoms with Crippen molar-refractivity contribution in [2.75, 3.05) is 33.2 Å². The Morgan fingerprint density at radius 2 is 1.75 bits per heavy atom. The van der Waals surface area contributed by atoms with Crippen molar-refractivity contribution in [2.45, 2.75) is 19.8 Å². The van der Waals surface area contributed by atoms with E-state index in [0.29, 0.717) is 59.5 Å². The highest BCUT2D eigenvalue weighted by molar-refractivity contribution is 6.11. The van der Waals surface area contributed by atoms with E-state index in [0.717, 1.165) is 12.0 Å². The zero-order chi connectivity index (χ0) is 20.1. The summed E-state index contributed by atoms with van der Waals surface area (Å²) in [6.45, 7) is 3.03. The SMILES string of the molecule is CCCC(=Cc1cc2c(cc1OC)OCCO2)C(=O)c1ccc(N)c(OC)c1. The van der Waals surface area contributed by atoms with E-state index in [-0.39, 0.29) is 5.78 Å². The zero-order valence-electron chi connectivity index (χ0n) is 16.4. The second-order valence-corrected chi connectivity index (χ2v) is 6.44. The van der Waals surface area contributed by atoms with Crippen LogP contribution in [0.4, 0.5) is 5.69 Å². The minimum atomic E-state index is -0.0721. The van der Waals surface area contributed by atoms with Gasteiger partial charge in [-0.05, 0) is 36.8 Å². The number of anilines is 1. The Labute approximate surface area is 164 Å². The van der Waals surface area contributed by atoms with Crippen molar-refractivity contribution in [3.63, 3.8) is 0 Å². The monoisotopic (exact) mass is 383 g/mol. The van der Waals surface area contributed by atoms with Crippen LogP contribution >= 0.6 is 0 Å². The molecule has 0 aliphatic carbocycles. The van der Waals surface area contributed by atoms with Gasteiger partial charge in [0.15, 0.2) is 17.3 Å². The summed E-state index contributed by atoms with van der Waals surface area (Å²) in [4.78, 5) is 13.1. The van der Waals surface area contributed by atoms with E-state index < -0.39 is 0 Å². The summed E-state index contributed by atoms with van der Waals surface area (Å²) in [6.07, 6.45) is 3.31. The van der Waals surface area contributed by atoms with Crippen molar-refractivity contribution in [3.8, 4) is 23.0 Å². The largest absolute Gasteiger partial charge is 0.496 e. The van der Waals surface area contributed by atoms with Gasteiger partial charge in [0.1, 0.15) is 24.7 Å². The number of rotatable bonds is 7. The highest BCUT2D eigenvalue weighted by Crippen LogP contribution is 2.38. The number of nitrogens with two attached hydrogens (primary N) is 1. The molecule has 0 saturated heterocycles. The number of ether oxygens (including phenoxy) is 4. The van der Waals surface area contributed by atoms with Gasteiger partial charge in [-0.15, -0.1) is 0 Å². The van der Waals surface area contributed by atoms with Crippen LogP contribution < -0.4 is 24.7 Å². The van der Waals surface area contributed by atoms with Gasteiger partial charge in [0.25, 0.3) is 0 Å². The van der Waals surface area contributed by atoms with Gasteiger partial charge in [-0.1, -0.05) is 13.3 Å². The number of allylic oxidation sites excluding steroid dienone is 1. The Kier molecular flexibility index (Phi) is 6.09. The number of Topliss-reactive ketones (excluding diaryl/α,β-unsaturated/α-hetero) is 1. The molecule has 2 aromatic carbocycles. The Bertz CT molecular complexity index is 904. The van der Waals surface area contributed by atoms with E-state index in [9.17, 15) is 4.79 Å². The van der Waals surface area contributed by atoms with Gasteiger partial charge >= 0.3 is 0 Å². The number of carbonyl (C=O) groups excluding carboxylic acids is 1. The second kappa shape index (κ2) is 8.69. The fraction of sp³-hybridized carbons (Fsp3) is 0.318. The summed E-state index contributed by atoms with van der Waals surface area (Å²) in [5.74, 6) is 2.33. The van der Waals surface area contributed by atoms with Gasteiger partial charge in [-0.2, -0.15) is 0 Å². The lowest BCUT2D eigenvalue weighted by Gasteiger charge is -2.20. The average molecular weight is 383 g/mol. The van der Waals surface area contributed by atoms with Crippen molar-refractivity contribution in [1.82, 2.24) is 0 Å². The number of nitrogen functional groups attached to an aromatic ring is 1. The van der Waals surface area contributed by atoms with Crippen LogP contribution in [0, 0.1) is 0 Å². The fourth-order valence-corrected chi connectivity index (χ4v) is 3.12. The van der Waals surface area contributed by atoms with Crippen LogP contribution in [-0.4, -0.2) is 33.2 Å². The summed E-state index contributed by atoms with van der Waals surface area (Å²) in [6, 6.07) is 8.70. The third-order valence-corrected chi connectivity index (χ3v) is 4.53. The van der Waals surface area contributed by atoms with E-state index in [1.165, 1.54) is 7.11 Å². The standard InChI is InChI=1S/C22H25NO5/c1-4-5-14(22(24)15-6-7-17(23)19(11-15)26-3)10-16-12-20-21(13-18(16)25-2)28-9-8-27-20/h6-7,10-13H,4-5,8-9,23H2,1-3H3. The lowest BCUT2D eigenvalue weighted by Crippen LogP contribution is -2.15. The summed E-state index contributed by atoms with van der Waals surface area (Å²) < 4.78 is 22.0. The van der Waals surface area contributed by atoms with Gasteiger partial charge in [0, 0.05) is 22.8 Å². The minimum absolute atomic E-state index is 0.0721. The van der Waals surface area contributed by atoms with Crippen molar-refractivity contribution >= 4 is 17.5 Å². The zero-order valence-corrected chi connectivity index (χ0v) is 16.4. The first-order valence-electron chi connectivity index (χ1n) is 9.23. The van der Waals surface area contributed by atoms with Gasteiger partial charge in [0.2, 0.25) is 0 Å². The lowest BCUT2D eigenvalue weighted by molar-refractivity contribution is 0.103. The Balaban J connectivity index is 2.02. The first-order valence-corrected chi connectivity index (χ1v) is 9.23. The molecule has 0 radical (unpaired) electrons. The molecule has 0 bridgehead atoms. The maximum atomic E-state index is 13.1. The molecule has 2 N–H and O–H groups in total. The third-order valence-electron chi connectivity index (χ3n) is 4.53. The molecule has 1 heterocycles. The molecule has 1 aliphatic rings. The smallest absolute Gasteiger partial charge is 0.189 e. The number of fused-ring (bicyclic) bond motifs is 1. The molecule has 2 aromatic rings. The maximum absolute atomic E-state index is 13.1. The lowest BCUT2D eigenvalue weighted by atomic mass is 9.96. The third kappa shape index (κ3) is 4.06. The van der Waals surface area contributed by atoms with E-state index in [4.69, 9.17) is 24.7 Å². The highest BCUT2D eigenvalue weighted by Gasteiger charge is 2.18. The van der Waals surface area contributed by atoms with E-state index in [1.807, 2.05) is 19.1 Å². The van der Waals surface area contributed by atoms with Crippen LogP contribution in [0.3, 0.4) is 0 Å². The van der Waals surface area contributed by atoms with Crippen LogP contribution in [0.1, 0.15) is 35.7 Å². The molecule has 0 atom stereocenters. The van der Waals surface area contributed by atoms with Crippen molar-refractivity contribution < 1.29 is 23.7 Å². The predicted molar refractivity (Wildman–Crippen MR) is 109 cm³/mol. The molecule has 28 heavy (non-hydrogen) atoms. The first kappa shape index (κ1) is 19.6. The molecule has 148 valence electrons. The first-order chi connectivity index (χ1) is 13.6. The molecule has 6 heteroatoms. The minimum Gasteiger partial charge on any atom is -0.496 e. The number of carbonyl (C=O) groups is 1. The molecule has 0 spiro atoms. The Hall–Kier alpha value is -3.15. The van der Waals surface area contributed by atoms with Crippen LogP contribution in [0.15, 0.2) is 35.9 Å². The second-order valence-electron chi connectivity index (χ2n) is 6.44. The fourth-order valence-electron chi connectivity index (χ4n) is 3.12. The van der Waals surface area contributed by atoms with Gasteiger partial charge in [-0.25, -0.2) is 0 Å². The number of benzene rings is 2. The molecular formula is C22H25NO5. The topological polar surface area (TPSA) is 80.0 Å². The highest BCUT2D eigenvalue weighted by atomic mass is 16.6. The van der Waals surface area contributed by atoms with Crippen molar-refractivity contribution in [1.29, 1.82) is 0 Å². The van der Waals surface area contributed by atoms with Gasteiger partial charge in [-0.3, -0.25) is 4.79 Å². The molecule has 0 amide bonds. The Morgan fingerprint density at radius 3 is 2.39 bits per heavy atom. The van der Waals surface area contributed by atoms with Crippen LogP contribution in [0.2, 0.25) is 0 Å². The summed E-state index contributed by atoms with van der Waals surface area (Å²) in [5, 5.41) is 0. The molecule has 0 saturated carbocycles. The number of hydrogen-bond donors (Lipinski definition) is 1. The molecular weight excluding hydrogens is 358 g/mol. The predicted octanol–water partition coefficient (Wildman–Crippen LogP) is 4.12. The maximum Gasteiger partial charge on any atom is 0.189 e. The summed E-state index contributed by atoms with van der Waals surface area (Å²) >= 11 is 0. The van der Waals surface area contributed by atoms with Crippen LogP contribution in [0.5, 0.6) is 23.0 Å². The number of methoxy groups -OCH3 is 2. The van der Waals surface area contributed by atoms with Crippen LogP contribution in [-0.2, 0) is 0 Å². The molecule has 3 rings (SSSR count). The summed E-state index contributed by atoms with van der Waals surface area (Å²) in [7, 11) is 3.12. The Morgan fingerprint density at radius 1 is 1.07 bits per heavy atom. The normalized spacial score (nSPS) is 13.2. The van der Waals surface area contributed by atoms with E-state index in [2.05, 4.69) is 0 Å². The summed E-state index contributed by atoms with van der Waals surface area (Å²) in [5.41, 5.74) is 8.33. The van der Waals surface area contributed by atoms with Crippen molar-refractivity contribution in [3.05, 3.63) is 47.0 Å². The van der Waals surface area contributed by atoms with Gasteiger partial charge < -0.3 is 24.7 Å². The quantitative estimate of drug-likeness (QED) is 0.440. The number of hydrogen-bond acceptors (Lipinski definition) is 6. The number of ketones is 1. The van der Waals surface area contributed by atoms with Crippen LogP contribution in [0.25, 0.3) is 6.08 Å².